The maximum atomic E-state index is 12.3. The first-order valence-corrected chi connectivity index (χ1v) is 9.37. The lowest BCUT2D eigenvalue weighted by atomic mass is 10.0. The highest BCUT2D eigenvalue weighted by Crippen LogP contribution is 2.23. The summed E-state index contributed by atoms with van der Waals surface area (Å²) in [6.07, 6.45) is 1.39. The number of hydrogen-bond acceptors (Lipinski definition) is 4. The molecule has 1 aliphatic rings. The van der Waals surface area contributed by atoms with Gasteiger partial charge in [0, 0.05) is 50.3 Å². The van der Waals surface area contributed by atoms with Crippen LogP contribution in [0.3, 0.4) is 0 Å². The molecule has 0 aliphatic carbocycles. The van der Waals surface area contributed by atoms with Crippen LogP contribution in [-0.2, 0) is 30.9 Å². The topological polar surface area (TPSA) is 70.4 Å². The summed E-state index contributed by atoms with van der Waals surface area (Å²) in [5, 5.41) is 17.1. The second kappa shape index (κ2) is 8.47. The summed E-state index contributed by atoms with van der Waals surface area (Å²) in [5.41, 5.74) is 4.25. The third-order valence-electron chi connectivity index (χ3n) is 5.08. The van der Waals surface area contributed by atoms with Crippen molar-refractivity contribution in [2.75, 3.05) is 13.1 Å². The fraction of sp³-hybridized carbons (Fsp3) is 0.500. The molecule has 2 aromatic rings. The molecule has 2 N–H and O–H groups in total. The number of carbonyl (C=O) groups excluding carboxylic acids is 1. The Kier molecular flexibility index (Phi) is 6.06. The standard InChI is InChI=1S/C20H28N4O2/c1-3-24-19-9-11-23(13-17(19)18(14-25)22-24)12-10-20(26)21-15(2)16-7-5-4-6-8-16/h4-8,15,25H,3,9-14H2,1-2H3,(H,21,26)/t15-/m0/s1. The maximum Gasteiger partial charge on any atom is 0.221 e. The molecule has 1 aromatic heterocycles. The van der Waals surface area contributed by atoms with Crippen LogP contribution in [0.15, 0.2) is 30.3 Å². The maximum absolute atomic E-state index is 12.3. The number of aliphatic hydroxyl groups excluding tert-OH is 1. The molecule has 140 valence electrons. The van der Waals surface area contributed by atoms with E-state index in [0.29, 0.717) is 6.42 Å². The molecule has 1 amide bonds. The van der Waals surface area contributed by atoms with Crippen LogP contribution in [0.5, 0.6) is 0 Å². The number of nitrogens with one attached hydrogen (secondary N) is 1. The Morgan fingerprint density at radius 2 is 2.12 bits per heavy atom. The zero-order chi connectivity index (χ0) is 18.5. The van der Waals surface area contributed by atoms with Crippen LogP contribution in [0.25, 0.3) is 0 Å². The first-order valence-electron chi connectivity index (χ1n) is 9.37. The summed E-state index contributed by atoms with van der Waals surface area (Å²) in [4.78, 5) is 14.6. The number of aromatic nitrogens is 2. The first kappa shape index (κ1) is 18.6. The molecule has 1 atom stereocenters. The van der Waals surface area contributed by atoms with Crippen molar-refractivity contribution in [1.82, 2.24) is 20.0 Å². The molecule has 1 aliphatic heterocycles. The molecule has 3 rings (SSSR count). The van der Waals surface area contributed by atoms with E-state index in [1.807, 2.05) is 41.9 Å². The molecule has 6 nitrogen and oxygen atoms in total. The predicted molar refractivity (Wildman–Crippen MR) is 100 cm³/mol. The Balaban J connectivity index is 1.53. The smallest absolute Gasteiger partial charge is 0.221 e. The highest BCUT2D eigenvalue weighted by atomic mass is 16.3. The number of hydrogen-bond donors (Lipinski definition) is 2. The summed E-state index contributed by atoms with van der Waals surface area (Å²) >= 11 is 0. The largest absolute Gasteiger partial charge is 0.390 e. The summed E-state index contributed by atoms with van der Waals surface area (Å²) < 4.78 is 1.99. The summed E-state index contributed by atoms with van der Waals surface area (Å²) in [6.45, 7) is 7.26. The van der Waals surface area contributed by atoms with E-state index >= 15 is 0 Å². The van der Waals surface area contributed by atoms with Gasteiger partial charge in [0.15, 0.2) is 0 Å². The lowest BCUT2D eigenvalue weighted by Gasteiger charge is -2.27. The zero-order valence-corrected chi connectivity index (χ0v) is 15.6. The molecule has 0 saturated carbocycles. The number of amides is 1. The van der Waals surface area contributed by atoms with E-state index in [9.17, 15) is 9.90 Å². The molecular weight excluding hydrogens is 328 g/mol. The Morgan fingerprint density at radius 1 is 1.35 bits per heavy atom. The Bertz CT molecular complexity index is 742. The van der Waals surface area contributed by atoms with Crippen molar-refractivity contribution in [3.63, 3.8) is 0 Å². The molecule has 1 aromatic carbocycles. The Hall–Kier alpha value is -2.18. The molecule has 0 saturated heterocycles. The lowest BCUT2D eigenvalue weighted by Crippen LogP contribution is -2.35. The molecular formula is C20H28N4O2. The van der Waals surface area contributed by atoms with Gasteiger partial charge in [-0.3, -0.25) is 14.4 Å². The van der Waals surface area contributed by atoms with Crippen molar-refractivity contribution in [2.45, 2.75) is 52.4 Å². The van der Waals surface area contributed by atoms with Crippen molar-refractivity contribution in [3.05, 3.63) is 52.8 Å². The molecule has 26 heavy (non-hydrogen) atoms. The van der Waals surface area contributed by atoms with E-state index in [4.69, 9.17) is 0 Å². The summed E-state index contributed by atoms with van der Waals surface area (Å²) in [6, 6.07) is 10.0. The predicted octanol–water partition coefficient (Wildman–Crippen LogP) is 2.02. The van der Waals surface area contributed by atoms with Gasteiger partial charge in [-0.25, -0.2) is 0 Å². The number of nitrogens with zero attached hydrogens (tertiary/aromatic N) is 3. The van der Waals surface area contributed by atoms with Gasteiger partial charge in [-0.15, -0.1) is 0 Å². The minimum absolute atomic E-state index is 0.0143. The Morgan fingerprint density at radius 3 is 2.81 bits per heavy atom. The molecule has 0 fully saturated rings. The van der Waals surface area contributed by atoms with Gasteiger partial charge in [0.1, 0.15) is 0 Å². The van der Waals surface area contributed by atoms with Gasteiger partial charge in [0.05, 0.1) is 18.3 Å². The fourth-order valence-electron chi connectivity index (χ4n) is 3.60. The number of fused-ring (bicyclic) bond motifs is 1. The molecule has 0 spiro atoms. The van der Waals surface area contributed by atoms with Gasteiger partial charge in [-0.2, -0.15) is 5.10 Å². The van der Waals surface area contributed by atoms with E-state index in [1.165, 1.54) is 5.69 Å². The summed E-state index contributed by atoms with van der Waals surface area (Å²) in [5.74, 6) is 0.0683. The van der Waals surface area contributed by atoms with Crippen LogP contribution in [0.1, 0.15) is 48.8 Å². The van der Waals surface area contributed by atoms with Crippen LogP contribution in [-0.4, -0.2) is 38.8 Å². The average Bonchev–Trinajstić information content (AvgIpc) is 3.04. The van der Waals surface area contributed by atoms with E-state index in [1.54, 1.807) is 0 Å². The van der Waals surface area contributed by atoms with Crippen LogP contribution in [0, 0.1) is 0 Å². The van der Waals surface area contributed by atoms with Crippen molar-refractivity contribution in [3.8, 4) is 0 Å². The van der Waals surface area contributed by atoms with E-state index in [-0.39, 0.29) is 18.6 Å². The second-order valence-electron chi connectivity index (χ2n) is 6.82. The van der Waals surface area contributed by atoms with Gasteiger partial charge in [-0.05, 0) is 19.4 Å². The lowest BCUT2D eigenvalue weighted by molar-refractivity contribution is -0.122. The van der Waals surface area contributed by atoms with Crippen LogP contribution in [0.4, 0.5) is 0 Å². The minimum atomic E-state index is -0.0295. The molecule has 0 unspecified atom stereocenters. The van der Waals surface area contributed by atoms with E-state index < -0.39 is 0 Å². The highest BCUT2D eigenvalue weighted by Gasteiger charge is 2.24. The number of rotatable bonds is 7. The average molecular weight is 356 g/mol. The van der Waals surface area contributed by atoms with Crippen molar-refractivity contribution in [1.29, 1.82) is 0 Å². The number of carbonyl (C=O) groups is 1. The minimum Gasteiger partial charge on any atom is -0.390 e. The van der Waals surface area contributed by atoms with Gasteiger partial charge < -0.3 is 10.4 Å². The Labute approximate surface area is 154 Å². The molecule has 0 radical (unpaired) electrons. The third-order valence-corrected chi connectivity index (χ3v) is 5.08. The van der Waals surface area contributed by atoms with E-state index in [0.717, 1.165) is 49.4 Å². The molecule has 6 heteroatoms. The van der Waals surface area contributed by atoms with Gasteiger partial charge in [0.25, 0.3) is 0 Å². The monoisotopic (exact) mass is 356 g/mol. The third kappa shape index (κ3) is 4.14. The fourth-order valence-corrected chi connectivity index (χ4v) is 3.60. The van der Waals surface area contributed by atoms with E-state index in [2.05, 4.69) is 22.2 Å². The second-order valence-corrected chi connectivity index (χ2v) is 6.82. The SMILES string of the molecule is CCn1nc(CO)c2c1CCN(CCC(=O)N[C@@H](C)c1ccccc1)C2. The van der Waals surface area contributed by atoms with Crippen molar-refractivity contribution >= 4 is 5.91 Å². The van der Waals surface area contributed by atoms with Gasteiger partial charge in [0.2, 0.25) is 5.91 Å². The van der Waals surface area contributed by atoms with Crippen molar-refractivity contribution in [2.24, 2.45) is 0 Å². The summed E-state index contributed by atoms with van der Waals surface area (Å²) in [7, 11) is 0. The van der Waals surface area contributed by atoms with Gasteiger partial charge in [-0.1, -0.05) is 30.3 Å². The zero-order valence-electron chi connectivity index (χ0n) is 15.6. The molecule has 2 heterocycles. The number of aryl methyl sites for hydroxylation is 1. The van der Waals surface area contributed by atoms with Crippen molar-refractivity contribution < 1.29 is 9.90 Å². The molecule has 0 bridgehead atoms. The quantitative estimate of drug-likeness (QED) is 0.796. The highest BCUT2D eigenvalue weighted by molar-refractivity contribution is 5.76. The van der Waals surface area contributed by atoms with Gasteiger partial charge >= 0.3 is 0 Å². The number of aliphatic hydroxyl groups is 1. The normalized spacial score (nSPS) is 15.5. The first-order chi connectivity index (χ1) is 12.6. The van der Waals surface area contributed by atoms with Crippen LogP contribution < -0.4 is 5.32 Å². The number of benzene rings is 1. The van der Waals surface area contributed by atoms with Crippen LogP contribution >= 0.6 is 0 Å². The van der Waals surface area contributed by atoms with Crippen LogP contribution in [0.2, 0.25) is 0 Å².